The van der Waals surface area contributed by atoms with Gasteiger partial charge in [0.25, 0.3) is 5.91 Å². The molecule has 17 heavy (non-hydrogen) atoms. The number of aryl methyl sites for hydroxylation is 2. The molecule has 0 unspecified atom stereocenters. The third kappa shape index (κ3) is 2.47. The number of amides is 1. The maximum atomic E-state index is 12.2. The van der Waals surface area contributed by atoms with Crippen molar-refractivity contribution in [1.29, 1.82) is 5.26 Å². The topological polar surface area (TPSA) is 70.1 Å². The van der Waals surface area contributed by atoms with Gasteiger partial charge in [0.2, 0.25) is 5.76 Å². The summed E-state index contributed by atoms with van der Waals surface area (Å²) < 4.78 is 5.33. The van der Waals surface area contributed by atoms with Gasteiger partial charge in [-0.3, -0.25) is 4.79 Å². The van der Waals surface area contributed by atoms with Gasteiger partial charge in [0.1, 0.15) is 0 Å². The van der Waals surface area contributed by atoms with Gasteiger partial charge in [0.05, 0.1) is 18.2 Å². The first-order chi connectivity index (χ1) is 8.13. The molecule has 0 aromatic carbocycles. The standard InChI is InChI=1S/C12H15N3O2/c1-8-11(17-9(2)14-8)12(16)15(7-3-6-13)10-4-5-10/h10H,3-5,7H2,1-2H3. The smallest absolute Gasteiger partial charge is 0.291 e. The van der Waals surface area contributed by atoms with E-state index in [0.717, 1.165) is 12.8 Å². The van der Waals surface area contributed by atoms with E-state index in [-0.39, 0.29) is 11.9 Å². The highest BCUT2D eigenvalue weighted by molar-refractivity contribution is 5.92. The normalized spacial score (nSPS) is 14.4. The fourth-order valence-corrected chi connectivity index (χ4v) is 1.87. The Morgan fingerprint density at radius 1 is 1.59 bits per heavy atom. The molecule has 0 atom stereocenters. The Bertz CT molecular complexity index is 469. The van der Waals surface area contributed by atoms with Crippen molar-refractivity contribution in [3.05, 3.63) is 17.3 Å². The summed E-state index contributed by atoms with van der Waals surface area (Å²) >= 11 is 0. The summed E-state index contributed by atoms with van der Waals surface area (Å²) in [6, 6.07) is 2.35. The summed E-state index contributed by atoms with van der Waals surface area (Å²) in [6.07, 6.45) is 2.39. The zero-order valence-electron chi connectivity index (χ0n) is 10.1. The van der Waals surface area contributed by atoms with Crippen LogP contribution in [-0.2, 0) is 0 Å². The van der Waals surface area contributed by atoms with Gasteiger partial charge in [0.15, 0.2) is 5.89 Å². The number of carbonyl (C=O) groups is 1. The fraction of sp³-hybridized carbons (Fsp3) is 0.583. The first-order valence-electron chi connectivity index (χ1n) is 5.75. The van der Waals surface area contributed by atoms with E-state index < -0.39 is 0 Å². The highest BCUT2D eigenvalue weighted by Gasteiger charge is 2.34. The molecule has 0 aliphatic heterocycles. The van der Waals surface area contributed by atoms with Crippen LogP contribution in [0, 0.1) is 25.2 Å². The predicted molar refractivity (Wildman–Crippen MR) is 60.3 cm³/mol. The Labute approximate surface area is 100 Å². The molecule has 1 fully saturated rings. The number of rotatable bonds is 4. The van der Waals surface area contributed by atoms with E-state index >= 15 is 0 Å². The summed E-state index contributed by atoms with van der Waals surface area (Å²) in [5, 5.41) is 8.60. The minimum Gasteiger partial charge on any atom is -0.436 e. The molecule has 0 radical (unpaired) electrons. The SMILES string of the molecule is Cc1nc(C)c(C(=O)N(CCC#N)C2CC2)o1. The van der Waals surface area contributed by atoms with Gasteiger partial charge >= 0.3 is 0 Å². The lowest BCUT2D eigenvalue weighted by Gasteiger charge is -2.19. The minimum atomic E-state index is -0.138. The van der Waals surface area contributed by atoms with Crippen molar-refractivity contribution in [2.24, 2.45) is 0 Å². The van der Waals surface area contributed by atoms with Crippen LogP contribution in [0.25, 0.3) is 0 Å². The number of nitriles is 1. The Hall–Kier alpha value is -1.83. The average Bonchev–Trinajstić information content (AvgIpc) is 3.05. The predicted octanol–water partition coefficient (Wildman–Crippen LogP) is 1.81. The molecule has 0 bridgehead atoms. The van der Waals surface area contributed by atoms with Crippen molar-refractivity contribution >= 4 is 5.91 Å². The number of aromatic nitrogens is 1. The number of hydrogen-bond acceptors (Lipinski definition) is 4. The monoisotopic (exact) mass is 233 g/mol. The van der Waals surface area contributed by atoms with Crippen LogP contribution < -0.4 is 0 Å². The van der Waals surface area contributed by atoms with Crippen LogP contribution in [0.1, 0.15) is 41.4 Å². The Balaban J connectivity index is 2.16. The second-order valence-corrected chi connectivity index (χ2v) is 4.29. The Kier molecular flexibility index (Phi) is 3.14. The second kappa shape index (κ2) is 4.58. The maximum absolute atomic E-state index is 12.2. The molecule has 1 aliphatic carbocycles. The zero-order chi connectivity index (χ0) is 12.4. The summed E-state index contributed by atoms with van der Waals surface area (Å²) in [7, 11) is 0. The van der Waals surface area contributed by atoms with Gasteiger partial charge < -0.3 is 9.32 Å². The van der Waals surface area contributed by atoms with Crippen LogP contribution in [0.15, 0.2) is 4.42 Å². The van der Waals surface area contributed by atoms with Gasteiger partial charge in [-0.1, -0.05) is 0 Å². The lowest BCUT2D eigenvalue weighted by Crippen LogP contribution is -2.34. The van der Waals surface area contributed by atoms with Crippen LogP contribution in [0.5, 0.6) is 0 Å². The van der Waals surface area contributed by atoms with Gasteiger partial charge in [-0.05, 0) is 19.8 Å². The van der Waals surface area contributed by atoms with E-state index in [1.165, 1.54) is 0 Å². The zero-order valence-corrected chi connectivity index (χ0v) is 10.1. The molecule has 1 amide bonds. The summed E-state index contributed by atoms with van der Waals surface area (Å²) in [5.74, 6) is 0.676. The van der Waals surface area contributed by atoms with Crippen molar-refractivity contribution in [3.63, 3.8) is 0 Å². The molecule has 0 spiro atoms. The van der Waals surface area contributed by atoms with Gasteiger partial charge in [0, 0.05) is 19.5 Å². The average molecular weight is 233 g/mol. The Morgan fingerprint density at radius 2 is 2.29 bits per heavy atom. The first-order valence-corrected chi connectivity index (χ1v) is 5.75. The molecule has 1 aromatic heterocycles. The lowest BCUT2D eigenvalue weighted by atomic mass is 10.3. The van der Waals surface area contributed by atoms with E-state index in [9.17, 15) is 4.79 Å². The third-order valence-electron chi connectivity index (χ3n) is 2.81. The Morgan fingerprint density at radius 3 is 2.76 bits per heavy atom. The maximum Gasteiger partial charge on any atom is 0.291 e. The number of carbonyl (C=O) groups excluding carboxylic acids is 1. The molecule has 2 rings (SSSR count). The van der Waals surface area contributed by atoms with Gasteiger partial charge in [-0.25, -0.2) is 4.98 Å². The third-order valence-corrected chi connectivity index (χ3v) is 2.81. The quantitative estimate of drug-likeness (QED) is 0.795. The molecule has 1 saturated carbocycles. The van der Waals surface area contributed by atoms with Crippen LogP contribution in [0.4, 0.5) is 0 Å². The van der Waals surface area contributed by atoms with Crippen molar-refractivity contribution < 1.29 is 9.21 Å². The molecule has 1 aliphatic rings. The summed E-state index contributed by atoms with van der Waals surface area (Å²) in [6.45, 7) is 3.96. The molecule has 0 saturated heterocycles. The molecule has 5 nitrogen and oxygen atoms in total. The molecular weight excluding hydrogens is 218 g/mol. The van der Waals surface area contributed by atoms with Gasteiger partial charge in [-0.15, -0.1) is 0 Å². The summed E-state index contributed by atoms with van der Waals surface area (Å²) in [5.41, 5.74) is 0.620. The summed E-state index contributed by atoms with van der Waals surface area (Å²) in [4.78, 5) is 18.1. The molecule has 90 valence electrons. The molecule has 0 N–H and O–H groups in total. The van der Waals surface area contributed by atoms with Crippen molar-refractivity contribution in [2.75, 3.05) is 6.54 Å². The molecule has 1 heterocycles. The highest BCUT2D eigenvalue weighted by Crippen LogP contribution is 2.29. The largest absolute Gasteiger partial charge is 0.436 e. The van der Waals surface area contributed by atoms with Crippen LogP contribution in [0.2, 0.25) is 0 Å². The van der Waals surface area contributed by atoms with Crippen LogP contribution in [0.3, 0.4) is 0 Å². The molecular formula is C12H15N3O2. The number of hydrogen-bond donors (Lipinski definition) is 0. The lowest BCUT2D eigenvalue weighted by molar-refractivity contribution is 0.0712. The van der Waals surface area contributed by atoms with E-state index in [0.29, 0.717) is 30.3 Å². The van der Waals surface area contributed by atoms with Crippen molar-refractivity contribution in [1.82, 2.24) is 9.88 Å². The number of nitrogens with zero attached hydrogens (tertiary/aromatic N) is 3. The highest BCUT2D eigenvalue weighted by atomic mass is 16.4. The van der Waals surface area contributed by atoms with E-state index in [4.69, 9.17) is 9.68 Å². The van der Waals surface area contributed by atoms with Crippen molar-refractivity contribution in [2.45, 2.75) is 39.2 Å². The second-order valence-electron chi connectivity index (χ2n) is 4.29. The minimum absolute atomic E-state index is 0.138. The number of oxazole rings is 1. The van der Waals surface area contributed by atoms with E-state index in [1.54, 1.807) is 18.7 Å². The fourth-order valence-electron chi connectivity index (χ4n) is 1.87. The van der Waals surface area contributed by atoms with Crippen molar-refractivity contribution in [3.8, 4) is 6.07 Å². The molecule has 1 aromatic rings. The van der Waals surface area contributed by atoms with Gasteiger partial charge in [-0.2, -0.15) is 5.26 Å². The van der Waals surface area contributed by atoms with E-state index in [1.807, 2.05) is 0 Å². The first kappa shape index (κ1) is 11.6. The van der Waals surface area contributed by atoms with Crippen LogP contribution >= 0.6 is 0 Å². The molecule has 5 heteroatoms. The van der Waals surface area contributed by atoms with E-state index in [2.05, 4.69) is 11.1 Å². The van der Waals surface area contributed by atoms with Crippen LogP contribution in [-0.4, -0.2) is 28.4 Å².